The topological polar surface area (TPSA) is 114 Å². The summed E-state index contributed by atoms with van der Waals surface area (Å²) in [6.45, 7) is 0. The van der Waals surface area contributed by atoms with E-state index in [1.165, 1.54) is 18.4 Å². The third-order valence-corrected chi connectivity index (χ3v) is 1.25. The predicted octanol–water partition coefficient (Wildman–Crippen LogP) is -0.838. The number of nitrogens with one attached hydrogen (secondary N) is 2. The van der Waals surface area contributed by atoms with Crippen LogP contribution in [0.1, 0.15) is 10.6 Å². The number of hydrogen-bond acceptors (Lipinski definition) is 4. The minimum atomic E-state index is -1.03. The molecule has 14 heavy (non-hydrogen) atoms. The first kappa shape index (κ1) is 9.78. The summed E-state index contributed by atoms with van der Waals surface area (Å²) in [6, 6.07) is 1.82. The van der Waals surface area contributed by atoms with Crippen LogP contribution in [0.25, 0.3) is 0 Å². The van der Waals surface area contributed by atoms with Crippen LogP contribution >= 0.6 is 0 Å². The van der Waals surface area contributed by atoms with Crippen molar-refractivity contribution in [1.82, 2.24) is 10.9 Å². The average molecular weight is 197 g/mol. The van der Waals surface area contributed by atoms with Crippen LogP contribution in [0.3, 0.4) is 0 Å². The summed E-state index contributed by atoms with van der Waals surface area (Å²) in [5.74, 6) is -2.05. The van der Waals surface area contributed by atoms with Crippen LogP contribution < -0.4 is 16.6 Å². The van der Waals surface area contributed by atoms with Crippen molar-refractivity contribution in [1.29, 1.82) is 0 Å². The zero-order valence-corrected chi connectivity index (χ0v) is 6.94. The molecule has 0 aromatic carbocycles. The second-order valence-corrected chi connectivity index (χ2v) is 2.25. The van der Waals surface area contributed by atoms with Crippen LogP contribution in [0.5, 0.6) is 0 Å². The Kier molecular flexibility index (Phi) is 2.85. The molecule has 0 aliphatic carbocycles. The first-order valence-electron chi connectivity index (χ1n) is 3.55. The molecule has 0 atom stereocenters. The number of ketones is 1. The van der Waals surface area contributed by atoms with Gasteiger partial charge in [0.2, 0.25) is 0 Å². The minimum Gasteiger partial charge on any atom is -0.461 e. The molecule has 3 amide bonds. The first-order valence-corrected chi connectivity index (χ1v) is 3.55. The van der Waals surface area contributed by atoms with Gasteiger partial charge in [-0.25, -0.2) is 10.2 Å². The lowest BCUT2D eigenvalue weighted by Crippen LogP contribution is -2.47. The maximum Gasteiger partial charge on any atom is 0.330 e. The zero-order chi connectivity index (χ0) is 10.6. The van der Waals surface area contributed by atoms with E-state index in [9.17, 15) is 14.4 Å². The molecule has 74 valence electrons. The Morgan fingerprint density at radius 3 is 2.50 bits per heavy atom. The summed E-state index contributed by atoms with van der Waals surface area (Å²) in [5, 5.41) is 0. The largest absolute Gasteiger partial charge is 0.461 e. The highest BCUT2D eigenvalue weighted by molar-refractivity contribution is 6.42. The van der Waals surface area contributed by atoms with Gasteiger partial charge in [-0.3, -0.25) is 15.0 Å². The monoisotopic (exact) mass is 197 g/mol. The Morgan fingerprint density at radius 1 is 1.29 bits per heavy atom. The maximum absolute atomic E-state index is 11.1. The number of hydrogen-bond donors (Lipinski definition) is 3. The van der Waals surface area contributed by atoms with Crippen LogP contribution in [0.2, 0.25) is 0 Å². The standard InChI is InChI=1S/C7H7N3O4/c8-7(13)10-9-6(12)5(11)4-2-1-3-14-4/h1-3H,(H,9,12)(H3,8,10,13). The van der Waals surface area contributed by atoms with Gasteiger partial charge in [0, 0.05) is 0 Å². The van der Waals surface area contributed by atoms with Gasteiger partial charge in [-0.15, -0.1) is 0 Å². The van der Waals surface area contributed by atoms with E-state index in [-0.39, 0.29) is 5.76 Å². The molecule has 0 saturated heterocycles. The second-order valence-electron chi connectivity index (χ2n) is 2.25. The lowest BCUT2D eigenvalue weighted by atomic mass is 10.3. The number of amides is 3. The fraction of sp³-hybridized carbons (Fsp3) is 0. The van der Waals surface area contributed by atoms with E-state index in [2.05, 4.69) is 10.2 Å². The third kappa shape index (κ3) is 2.34. The van der Waals surface area contributed by atoms with Gasteiger partial charge in [0.15, 0.2) is 5.76 Å². The summed E-state index contributed by atoms with van der Waals surface area (Å²) in [4.78, 5) is 32.2. The smallest absolute Gasteiger partial charge is 0.330 e. The number of hydrazine groups is 1. The quantitative estimate of drug-likeness (QED) is 0.326. The van der Waals surface area contributed by atoms with E-state index in [1.54, 1.807) is 10.9 Å². The highest BCUT2D eigenvalue weighted by Crippen LogP contribution is 2.00. The van der Waals surface area contributed by atoms with E-state index >= 15 is 0 Å². The van der Waals surface area contributed by atoms with Crippen molar-refractivity contribution in [2.24, 2.45) is 5.73 Å². The first-order chi connectivity index (χ1) is 6.61. The molecule has 1 aromatic rings. The molecule has 0 radical (unpaired) electrons. The van der Waals surface area contributed by atoms with Gasteiger partial charge >= 0.3 is 11.9 Å². The number of urea groups is 1. The van der Waals surface area contributed by atoms with Gasteiger partial charge in [-0.05, 0) is 12.1 Å². The molecule has 4 N–H and O–H groups in total. The van der Waals surface area contributed by atoms with E-state index in [4.69, 9.17) is 0 Å². The van der Waals surface area contributed by atoms with Gasteiger partial charge in [-0.2, -0.15) is 0 Å². The van der Waals surface area contributed by atoms with Crippen molar-refractivity contribution in [2.75, 3.05) is 0 Å². The highest BCUT2D eigenvalue weighted by Gasteiger charge is 2.18. The van der Waals surface area contributed by atoms with Crippen LogP contribution in [-0.2, 0) is 4.79 Å². The van der Waals surface area contributed by atoms with Gasteiger partial charge in [-0.1, -0.05) is 0 Å². The van der Waals surface area contributed by atoms with Crippen LogP contribution in [-0.4, -0.2) is 17.7 Å². The molecule has 0 spiro atoms. The fourth-order valence-corrected chi connectivity index (χ4v) is 0.695. The summed E-state index contributed by atoms with van der Waals surface area (Å²) in [7, 11) is 0. The van der Waals surface area contributed by atoms with Crippen molar-refractivity contribution in [3.63, 3.8) is 0 Å². The molecular formula is C7H7N3O4. The van der Waals surface area contributed by atoms with E-state index in [1.807, 2.05) is 0 Å². The molecule has 0 saturated carbocycles. The zero-order valence-electron chi connectivity index (χ0n) is 6.94. The average Bonchev–Trinajstić information content (AvgIpc) is 2.65. The van der Waals surface area contributed by atoms with Crippen molar-refractivity contribution < 1.29 is 18.8 Å². The van der Waals surface area contributed by atoms with Gasteiger partial charge in [0.05, 0.1) is 6.26 Å². The Labute approximate surface area is 78.2 Å². The van der Waals surface area contributed by atoms with Gasteiger partial charge in [0.1, 0.15) is 0 Å². The second kappa shape index (κ2) is 4.08. The van der Waals surface area contributed by atoms with Crippen LogP contribution in [0.15, 0.2) is 22.8 Å². The Morgan fingerprint density at radius 2 is 2.00 bits per heavy atom. The lowest BCUT2D eigenvalue weighted by Gasteiger charge is -2.01. The molecule has 0 aliphatic rings. The van der Waals surface area contributed by atoms with Crippen LogP contribution in [0, 0.1) is 0 Å². The number of carbonyl (C=O) groups is 3. The number of nitrogens with two attached hydrogens (primary N) is 1. The predicted molar refractivity (Wildman–Crippen MR) is 43.9 cm³/mol. The van der Waals surface area contributed by atoms with Crippen molar-refractivity contribution >= 4 is 17.7 Å². The third-order valence-electron chi connectivity index (χ3n) is 1.25. The molecule has 0 aliphatic heterocycles. The molecule has 7 heteroatoms. The van der Waals surface area contributed by atoms with Crippen molar-refractivity contribution in [3.8, 4) is 0 Å². The van der Waals surface area contributed by atoms with E-state index in [0.717, 1.165) is 0 Å². The fourth-order valence-electron chi connectivity index (χ4n) is 0.695. The number of rotatable bonds is 2. The number of furan rings is 1. The summed E-state index contributed by atoms with van der Waals surface area (Å²) >= 11 is 0. The summed E-state index contributed by atoms with van der Waals surface area (Å²) in [6.07, 6.45) is 1.25. The normalized spacial score (nSPS) is 9.14. The van der Waals surface area contributed by atoms with Gasteiger partial charge in [0.25, 0.3) is 5.78 Å². The minimum absolute atomic E-state index is 0.117. The molecule has 0 bridgehead atoms. The molecule has 7 nitrogen and oxygen atoms in total. The Bertz CT molecular complexity index is 357. The molecule has 1 rings (SSSR count). The number of Topliss-reactive ketones (excluding diaryl/α,β-unsaturated/α-hetero) is 1. The summed E-state index contributed by atoms with van der Waals surface area (Å²) in [5.41, 5.74) is 8.22. The van der Waals surface area contributed by atoms with E-state index in [0.29, 0.717) is 0 Å². The molecule has 1 aromatic heterocycles. The van der Waals surface area contributed by atoms with Crippen molar-refractivity contribution in [3.05, 3.63) is 24.2 Å². The number of primary amides is 1. The lowest BCUT2D eigenvalue weighted by molar-refractivity contribution is -0.117. The highest BCUT2D eigenvalue weighted by atomic mass is 16.3. The molecular weight excluding hydrogens is 190 g/mol. The number of carbonyl (C=O) groups excluding carboxylic acids is 3. The maximum atomic E-state index is 11.1. The van der Waals surface area contributed by atoms with Crippen molar-refractivity contribution in [2.45, 2.75) is 0 Å². The molecule has 0 fully saturated rings. The molecule has 0 unspecified atom stereocenters. The molecule has 1 heterocycles. The van der Waals surface area contributed by atoms with E-state index < -0.39 is 17.7 Å². The van der Waals surface area contributed by atoms with Gasteiger partial charge < -0.3 is 10.2 Å². The Hall–Kier alpha value is -2.31. The Balaban J connectivity index is 2.54. The van der Waals surface area contributed by atoms with Crippen LogP contribution in [0.4, 0.5) is 4.79 Å². The SMILES string of the molecule is NC(=O)NNC(=O)C(=O)c1ccco1. The summed E-state index contributed by atoms with van der Waals surface area (Å²) < 4.78 is 4.67.